The molecule has 0 aromatic heterocycles. The molecule has 0 unspecified atom stereocenters. The second-order valence-electron chi connectivity index (χ2n) is 4.09. The van der Waals surface area contributed by atoms with Gasteiger partial charge in [0.05, 0.1) is 0 Å². The fraction of sp³-hybridized carbons (Fsp3) is 0.0625. The Kier molecular flexibility index (Phi) is 5.11. The van der Waals surface area contributed by atoms with Crippen molar-refractivity contribution >= 4 is 43.7 Å². The third kappa shape index (κ3) is 4.44. The van der Waals surface area contributed by atoms with Crippen molar-refractivity contribution < 1.29 is 4.79 Å². The summed E-state index contributed by atoms with van der Waals surface area (Å²) < 4.78 is 2.03. The molecule has 0 N–H and O–H groups in total. The molecule has 0 spiro atoms. The maximum absolute atomic E-state index is 11.9. The number of benzene rings is 2. The van der Waals surface area contributed by atoms with E-state index in [9.17, 15) is 4.79 Å². The molecule has 0 saturated carbocycles. The van der Waals surface area contributed by atoms with Crippen molar-refractivity contribution in [3.8, 4) is 0 Å². The van der Waals surface area contributed by atoms with Gasteiger partial charge in [-0.3, -0.25) is 4.79 Å². The number of Topliss-reactive ketones (excluding diaryl/α,β-unsaturated/α-hetero) is 1. The zero-order valence-electron chi connectivity index (χ0n) is 10.1. The van der Waals surface area contributed by atoms with Gasteiger partial charge in [-0.2, -0.15) is 0 Å². The predicted octanol–water partition coefficient (Wildman–Crippen LogP) is 5.50. The summed E-state index contributed by atoms with van der Waals surface area (Å²) in [6.45, 7) is 0. The Labute approximate surface area is 129 Å². The molecule has 0 aliphatic carbocycles. The van der Waals surface area contributed by atoms with Crippen molar-refractivity contribution in [1.29, 1.82) is 0 Å². The molecule has 2 aromatic rings. The number of carbonyl (C=O) groups excluding carboxylic acids is 1. The van der Waals surface area contributed by atoms with E-state index in [4.69, 9.17) is 0 Å². The van der Waals surface area contributed by atoms with Gasteiger partial charge in [-0.05, 0) is 29.8 Å². The largest absolute Gasteiger partial charge is 0.294 e. The summed E-state index contributed by atoms with van der Waals surface area (Å²) in [5.74, 6) is 0.126. The Morgan fingerprint density at radius 3 is 2.00 bits per heavy atom. The van der Waals surface area contributed by atoms with Gasteiger partial charge in [0, 0.05) is 20.9 Å². The molecule has 0 fully saturated rings. The molecule has 19 heavy (non-hydrogen) atoms. The van der Waals surface area contributed by atoms with Crippen molar-refractivity contribution in [2.75, 3.05) is 0 Å². The van der Waals surface area contributed by atoms with E-state index in [0.717, 1.165) is 20.1 Å². The van der Waals surface area contributed by atoms with Gasteiger partial charge < -0.3 is 0 Å². The summed E-state index contributed by atoms with van der Waals surface area (Å²) >= 11 is 6.75. The minimum Gasteiger partial charge on any atom is -0.294 e. The Balaban J connectivity index is 1.96. The molecule has 0 amide bonds. The molecule has 0 heterocycles. The fourth-order valence-corrected chi connectivity index (χ4v) is 2.16. The molecule has 2 aromatic carbocycles. The summed E-state index contributed by atoms with van der Waals surface area (Å²) in [6.07, 6.45) is 4.27. The SMILES string of the molecule is O=C(C/C=C/c1ccc(Br)cc1)c1ccc(Br)cc1. The van der Waals surface area contributed by atoms with E-state index in [1.54, 1.807) is 0 Å². The molecule has 2 rings (SSSR count). The van der Waals surface area contributed by atoms with E-state index >= 15 is 0 Å². The summed E-state index contributed by atoms with van der Waals surface area (Å²) in [5, 5.41) is 0. The van der Waals surface area contributed by atoms with Gasteiger partial charge in [0.15, 0.2) is 5.78 Å². The highest BCUT2D eigenvalue weighted by Gasteiger charge is 2.02. The number of hydrogen-bond acceptors (Lipinski definition) is 1. The monoisotopic (exact) mass is 378 g/mol. The average Bonchev–Trinajstić information content (AvgIpc) is 2.41. The summed E-state index contributed by atoms with van der Waals surface area (Å²) in [5.41, 5.74) is 1.83. The third-order valence-corrected chi connectivity index (χ3v) is 3.71. The predicted molar refractivity (Wildman–Crippen MR) is 86.3 cm³/mol. The number of carbonyl (C=O) groups is 1. The van der Waals surface area contributed by atoms with E-state index in [1.165, 1.54) is 0 Å². The smallest absolute Gasteiger partial charge is 0.166 e. The van der Waals surface area contributed by atoms with Crippen LogP contribution in [0.2, 0.25) is 0 Å². The molecule has 0 aliphatic heterocycles. The highest BCUT2D eigenvalue weighted by Crippen LogP contribution is 2.14. The molecular weight excluding hydrogens is 368 g/mol. The van der Waals surface area contributed by atoms with Crippen molar-refractivity contribution in [3.05, 3.63) is 74.7 Å². The van der Waals surface area contributed by atoms with Crippen LogP contribution in [0, 0.1) is 0 Å². The average molecular weight is 380 g/mol. The Bertz CT molecular complexity index is 583. The first kappa shape index (κ1) is 14.2. The van der Waals surface area contributed by atoms with Crippen molar-refractivity contribution in [2.24, 2.45) is 0 Å². The fourth-order valence-electron chi connectivity index (χ4n) is 1.63. The summed E-state index contributed by atoms with van der Waals surface area (Å²) in [7, 11) is 0. The molecule has 0 bridgehead atoms. The van der Waals surface area contributed by atoms with Gasteiger partial charge in [0.2, 0.25) is 0 Å². The second-order valence-corrected chi connectivity index (χ2v) is 5.92. The van der Waals surface area contributed by atoms with Crippen molar-refractivity contribution in [3.63, 3.8) is 0 Å². The molecule has 0 saturated heterocycles. The lowest BCUT2D eigenvalue weighted by Gasteiger charge is -1.98. The standard InChI is InChI=1S/C16H12Br2O/c17-14-8-4-12(5-9-14)2-1-3-16(19)13-6-10-15(18)11-7-13/h1-2,4-11H,3H2/b2-1+. The van der Waals surface area contributed by atoms with E-state index in [-0.39, 0.29) is 5.78 Å². The van der Waals surface area contributed by atoms with Crippen molar-refractivity contribution in [2.45, 2.75) is 6.42 Å². The zero-order chi connectivity index (χ0) is 13.7. The van der Waals surface area contributed by atoms with E-state index in [2.05, 4.69) is 31.9 Å². The second kappa shape index (κ2) is 6.83. The Morgan fingerprint density at radius 2 is 1.42 bits per heavy atom. The molecular formula is C16H12Br2O. The lowest BCUT2D eigenvalue weighted by molar-refractivity contribution is 0.0996. The lowest BCUT2D eigenvalue weighted by atomic mass is 10.1. The maximum atomic E-state index is 11.9. The first-order chi connectivity index (χ1) is 9.15. The van der Waals surface area contributed by atoms with Crippen LogP contribution in [0.4, 0.5) is 0 Å². The van der Waals surface area contributed by atoms with Crippen LogP contribution in [-0.4, -0.2) is 5.78 Å². The van der Waals surface area contributed by atoms with E-state index < -0.39 is 0 Å². The number of hydrogen-bond donors (Lipinski definition) is 0. The van der Waals surface area contributed by atoms with E-state index in [0.29, 0.717) is 6.42 Å². The third-order valence-electron chi connectivity index (χ3n) is 2.65. The summed E-state index contributed by atoms with van der Waals surface area (Å²) in [4.78, 5) is 11.9. The van der Waals surface area contributed by atoms with E-state index in [1.807, 2.05) is 60.7 Å². The Morgan fingerprint density at radius 1 is 0.895 bits per heavy atom. The van der Waals surface area contributed by atoms with Crippen LogP contribution in [0.5, 0.6) is 0 Å². The van der Waals surface area contributed by atoms with Crippen LogP contribution in [0.25, 0.3) is 6.08 Å². The Hall–Kier alpha value is -1.19. The summed E-state index contributed by atoms with van der Waals surface area (Å²) in [6, 6.07) is 15.4. The number of halogens is 2. The first-order valence-electron chi connectivity index (χ1n) is 5.86. The molecule has 1 nitrogen and oxygen atoms in total. The minimum absolute atomic E-state index is 0.126. The van der Waals surface area contributed by atoms with Crippen LogP contribution < -0.4 is 0 Å². The van der Waals surface area contributed by atoms with Crippen LogP contribution >= 0.6 is 31.9 Å². The van der Waals surface area contributed by atoms with Crippen LogP contribution in [0.3, 0.4) is 0 Å². The van der Waals surface area contributed by atoms with Crippen LogP contribution in [-0.2, 0) is 0 Å². The van der Waals surface area contributed by atoms with Gasteiger partial charge >= 0.3 is 0 Å². The first-order valence-corrected chi connectivity index (χ1v) is 7.44. The van der Waals surface area contributed by atoms with Crippen LogP contribution in [0.1, 0.15) is 22.3 Å². The molecule has 0 radical (unpaired) electrons. The van der Waals surface area contributed by atoms with Gasteiger partial charge in [-0.1, -0.05) is 68.3 Å². The lowest BCUT2D eigenvalue weighted by Crippen LogP contribution is -1.96. The normalized spacial score (nSPS) is 10.8. The topological polar surface area (TPSA) is 17.1 Å². The molecule has 96 valence electrons. The van der Waals surface area contributed by atoms with Gasteiger partial charge in [0.25, 0.3) is 0 Å². The quantitative estimate of drug-likeness (QED) is 0.641. The van der Waals surface area contributed by atoms with Gasteiger partial charge in [0.1, 0.15) is 0 Å². The number of rotatable bonds is 4. The van der Waals surface area contributed by atoms with Crippen LogP contribution in [0.15, 0.2) is 63.6 Å². The minimum atomic E-state index is 0.126. The maximum Gasteiger partial charge on any atom is 0.166 e. The molecule has 0 atom stereocenters. The number of allylic oxidation sites excluding steroid dienone is 1. The zero-order valence-corrected chi connectivity index (χ0v) is 13.3. The number of ketones is 1. The van der Waals surface area contributed by atoms with Crippen molar-refractivity contribution in [1.82, 2.24) is 0 Å². The van der Waals surface area contributed by atoms with Gasteiger partial charge in [-0.15, -0.1) is 0 Å². The highest BCUT2D eigenvalue weighted by molar-refractivity contribution is 9.10. The van der Waals surface area contributed by atoms with Gasteiger partial charge in [-0.25, -0.2) is 0 Å². The molecule has 3 heteroatoms. The molecule has 0 aliphatic rings. The highest BCUT2D eigenvalue weighted by atomic mass is 79.9.